The van der Waals surface area contributed by atoms with Crippen molar-refractivity contribution in [3.05, 3.63) is 59.3 Å². The van der Waals surface area contributed by atoms with E-state index in [2.05, 4.69) is 52.0 Å². The Bertz CT molecular complexity index is 1490. The average Bonchev–Trinajstić information content (AvgIpc) is 3.54. The molecule has 2 aromatic heterocycles. The molecule has 0 spiro atoms. The number of amides is 2. The van der Waals surface area contributed by atoms with Crippen LogP contribution in [-0.2, 0) is 21.4 Å². The Kier molecular flexibility index (Phi) is 7.53. The van der Waals surface area contributed by atoms with Crippen molar-refractivity contribution in [2.75, 3.05) is 57.8 Å². The van der Waals surface area contributed by atoms with Crippen LogP contribution in [0.4, 0.5) is 10.1 Å². The third-order valence-corrected chi connectivity index (χ3v) is 9.21. The van der Waals surface area contributed by atoms with Crippen LogP contribution in [0.25, 0.3) is 5.65 Å². The van der Waals surface area contributed by atoms with E-state index < -0.39 is 0 Å². The van der Waals surface area contributed by atoms with Gasteiger partial charge in [0.2, 0.25) is 11.8 Å². The number of hydrogen-bond acceptors (Lipinski definition) is 7. The van der Waals surface area contributed by atoms with E-state index in [0.29, 0.717) is 19.5 Å². The summed E-state index contributed by atoms with van der Waals surface area (Å²) in [5.41, 5.74) is 4.17. The van der Waals surface area contributed by atoms with Crippen molar-refractivity contribution in [1.82, 2.24) is 34.6 Å². The van der Waals surface area contributed by atoms with Crippen molar-refractivity contribution in [2.24, 2.45) is 0 Å². The number of benzene rings is 1. The van der Waals surface area contributed by atoms with Crippen molar-refractivity contribution < 1.29 is 14.0 Å². The summed E-state index contributed by atoms with van der Waals surface area (Å²) in [5.74, 6) is -0.0727. The summed E-state index contributed by atoms with van der Waals surface area (Å²) in [6, 6.07) is 8.77. The zero-order valence-corrected chi connectivity index (χ0v) is 25.2. The van der Waals surface area contributed by atoms with Gasteiger partial charge in [0, 0.05) is 75.8 Å². The molecule has 2 amide bonds. The monoisotopic (exact) mass is 576 g/mol. The van der Waals surface area contributed by atoms with E-state index in [9.17, 15) is 14.0 Å². The number of rotatable bonds is 6. The zero-order valence-electron chi connectivity index (χ0n) is 25.2. The maximum absolute atomic E-state index is 14.2. The van der Waals surface area contributed by atoms with Crippen molar-refractivity contribution in [3.8, 4) is 0 Å². The third-order valence-electron chi connectivity index (χ3n) is 9.21. The molecule has 3 aromatic rings. The van der Waals surface area contributed by atoms with Gasteiger partial charge in [-0.05, 0) is 37.6 Å². The molecule has 2 fully saturated rings. The lowest BCUT2D eigenvalue weighted by atomic mass is 9.90. The van der Waals surface area contributed by atoms with Gasteiger partial charge in [-0.2, -0.15) is 5.10 Å². The van der Waals surface area contributed by atoms with E-state index in [4.69, 9.17) is 0 Å². The summed E-state index contributed by atoms with van der Waals surface area (Å²) in [6.07, 6.45) is 2.11. The van der Waals surface area contributed by atoms with Crippen molar-refractivity contribution in [3.63, 3.8) is 0 Å². The molecule has 0 unspecified atom stereocenters. The van der Waals surface area contributed by atoms with Crippen LogP contribution in [0.15, 0.2) is 36.7 Å². The zero-order chi connectivity index (χ0) is 29.8. The van der Waals surface area contributed by atoms with Gasteiger partial charge in [-0.15, -0.1) is 0 Å². The van der Waals surface area contributed by atoms with Crippen LogP contribution in [0.5, 0.6) is 0 Å². The lowest BCUT2D eigenvalue weighted by Gasteiger charge is -2.44. The second kappa shape index (κ2) is 11.0. The molecule has 3 atom stereocenters. The smallest absolute Gasteiger partial charge is 0.241 e. The highest BCUT2D eigenvalue weighted by Gasteiger charge is 2.42. The molecule has 6 rings (SSSR count). The molecule has 5 heterocycles. The van der Waals surface area contributed by atoms with Crippen LogP contribution in [0.3, 0.4) is 0 Å². The van der Waals surface area contributed by atoms with Gasteiger partial charge in [0.15, 0.2) is 5.65 Å². The molecular formula is C31H41FN8O2. The summed E-state index contributed by atoms with van der Waals surface area (Å²) in [4.78, 5) is 39.6. The molecule has 42 heavy (non-hydrogen) atoms. The fraction of sp³-hybridized carbons (Fsp3) is 0.548. The van der Waals surface area contributed by atoms with E-state index in [-0.39, 0.29) is 41.2 Å². The minimum Gasteiger partial charge on any atom is -0.343 e. The molecule has 10 nitrogen and oxygen atoms in total. The largest absolute Gasteiger partial charge is 0.343 e. The summed E-state index contributed by atoms with van der Waals surface area (Å²) in [6.45, 7) is 13.1. The Labute approximate surface area is 246 Å². The minimum atomic E-state index is -0.322. The lowest BCUT2D eigenvalue weighted by molar-refractivity contribution is -0.140. The second-order valence-electron chi connectivity index (χ2n) is 12.9. The van der Waals surface area contributed by atoms with E-state index >= 15 is 0 Å². The highest BCUT2D eigenvalue weighted by atomic mass is 19.1. The topological polar surface area (TPSA) is 89.3 Å². The van der Waals surface area contributed by atoms with Crippen LogP contribution in [0, 0.1) is 5.82 Å². The number of pyridine rings is 1. The fourth-order valence-electron chi connectivity index (χ4n) is 6.84. The molecule has 224 valence electrons. The van der Waals surface area contributed by atoms with Gasteiger partial charge in [0.25, 0.3) is 0 Å². The Morgan fingerprint density at radius 2 is 1.90 bits per heavy atom. The van der Waals surface area contributed by atoms with E-state index in [1.54, 1.807) is 23.4 Å². The van der Waals surface area contributed by atoms with Gasteiger partial charge in [0.1, 0.15) is 12.1 Å². The number of halogens is 1. The summed E-state index contributed by atoms with van der Waals surface area (Å²) in [5, 5.41) is 8.15. The highest BCUT2D eigenvalue weighted by Crippen LogP contribution is 2.42. The van der Waals surface area contributed by atoms with Crippen LogP contribution in [0.2, 0.25) is 0 Å². The number of carbonyl (C=O) groups is 2. The molecule has 0 radical (unpaired) electrons. The normalized spacial score (nSPS) is 24.9. The summed E-state index contributed by atoms with van der Waals surface area (Å²) >= 11 is 0. The predicted octanol–water partition coefficient (Wildman–Crippen LogP) is 1.91. The SMILES string of the molecule is C[C@@H]1CN(CC(=O)N2CC(C)(C)c3c2cc(Cc2ccc(F)cc2)c2ncnn32)[C@@H](CN2CCN(C)C(=O)[C@H]2C)CN1. The number of likely N-dealkylation sites (N-methyl/N-ethyl adjacent to an activating group) is 1. The number of piperazine rings is 2. The first-order valence-corrected chi connectivity index (χ1v) is 14.9. The lowest BCUT2D eigenvalue weighted by Crippen LogP contribution is -2.63. The maximum atomic E-state index is 14.2. The van der Waals surface area contributed by atoms with Gasteiger partial charge in [-0.25, -0.2) is 13.9 Å². The summed E-state index contributed by atoms with van der Waals surface area (Å²) in [7, 11) is 1.86. The molecule has 2 saturated heterocycles. The fourth-order valence-corrected chi connectivity index (χ4v) is 6.84. The molecule has 11 heteroatoms. The molecule has 0 saturated carbocycles. The molecular weight excluding hydrogens is 535 g/mol. The molecule has 1 aromatic carbocycles. The quantitative estimate of drug-likeness (QED) is 0.480. The number of fused-ring (bicyclic) bond motifs is 3. The van der Waals surface area contributed by atoms with Crippen molar-refractivity contribution in [2.45, 2.75) is 57.7 Å². The van der Waals surface area contributed by atoms with Gasteiger partial charge < -0.3 is 15.1 Å². The van der Waals surface area contributed by atoms with Gasteiger partial charge in [-0.3, -0.25) is 19.4 Å². The van der Waals surface area contributed by atoms with Crippen molar-refractivity contribution in [1.29, 1.82) is 0 Å². The van der Waals surface area contributed by atoms with Crippen molar-refractivity contribution >= 4 is 23.1 Å². The first kappa shape index (κ1) is 28.7. The Morgan fingerprint density at radius 1 is 1.14 bits per heavy atom. The Balaban J connectivity index is 1.27. The Hall–Kier alpha value is -3.41. The minimum absolute atomic E-state index is 0.0515. The first-order valence-electron chi connectivity index (χ1n) is 14.9. The molecule has 0 bridgehead atoms. The maximum Gasteiger partial charge on any atom is 0.241 e. The van der Waals surface area contributed by atoms with Gasteiger partial charge in [-0.1, -0.05) is 26.0 Å². The standard InChI is InChI=1S/C31H41FN8O2/c1-20-15-38(25(14-33-20)16-37-11-10-36(5)30(42)21(37)2)17-27(41)39-18-31(3,4)28-26(39)13-23(29-34-19-35-40(28)29)12-22-6-8-24(32)9-7-22/h6-9,13,19-21,25,33H,10-12,14-18H2,1-5H3/t20-,21-,25-/m1/s1. The number of nitrogens with one attached hydrogen (secondary N) is 1. The average molecular weight is 577 g/mol. The molecule has 3 aliphatic heterocycles. The van der Waals surface area contributed by atoms with Gasteiger partial charge >= 0.3 is 0 Å². The Morgan fingerprint density at radius 3 is 2.67 bits per heavy atom. The van der Waals surface area contributed by atoms with Gasteiger partial charge in [0.05, 0.1) is 24.0 Å². The molecule has 3 aliphatic rings. The van der Waals surface area contributed by atoms with E-state index in [1.807, 2.05) is 23.4 Å². The second-order valence-corrected chi connectivity index (χ2v) is 12.9. The summed E-state index contributed by atoms with van der Waals surface area (Å²) < 4.78 is 15.4. The molecule has 1 N–H and O–H groups in total. The molecule has 0 aliphatic carbocycles. The number of carbonyl (C=O) groups excluding carboxylic acids is 2. The van der Waals surface area contributed by atoms with Crippen LogP contribution < -0.4 is 10.2 Å². The first-order chi connectivity index (χ1) is 20.0. The number of anilines is 1. The predicted molar refractivity (Wildman–Crippen MR) is 159 cm³/mol. The number of hydrogen-bond donors (Lipinski definition) is 1. The van der Waals surface area contributed by atoms with E-state index in [0.717, 1.165) is 60.9 Å². The van der Waals surface area contributed by atoms with E-state index in [1.165, 1.54) is 12.1 Å². The highest BCUT2D eigenvalue weighted by molar-refractivity contribution is 5.97. The number of aromatic nitrogens is 3. The number of nitrogens with zero attached hydrogens (tertiary/aromatic N) is 7. The van der Waals surface area contributed by atoms with Crippen LogP contribution in [0.1, 0.15) is 44.5 Å². The van der Waals surface area contributed by atoms with Crippen LogP contribution in [-0.4, -0.2) is 112 Å². The third kappa shape index (κ3) is 5.29. The van der Waals surface area contributed by atoms with Crippen LogP contribution >= 0.6 is 0 Å².